The molecule has 1 fully saturated rings. The van der Waals surface area contributed by atoms with Crippen molar-refractivity contribution >= 4 is 11.6 Å². The molecule has 2 heterocycles. The van der Waals surface area contributed by atoms with Gasteiger partial charge in [0.05, 0.1) is 11.1 Å². The minimum atomic E-state index is -3.69. The number of alkyl halides is 2. The first kappa shape index (κ1) is 21.2. The van der Waals surface area contributed by atoms with Crippen LogP contribution in [0.25, 0.3) is 11.3 Å². The van der Waals surface area contributed by atoms with Crippen LogP contribution < -0.4 is 9.47 Å². The lowest BCUT2D eigenvalue weighted by Gasteiger charge is -2.16. The highest BCUT2D eigenvalue weighted by Crippen LogP contribution is 2.52. The molecule has 5 nitrogen and oxygen atoms in total. The zero-order valence-electron chi connectivity index (χ0n) is 18.2. The van der Waals surface area contributed by atoms with Crippen molar-refractivity contribution in [2.24, 2.45) is 0 Å². The molecule has 0 N–H and O–H groups in total. The van der Waals surface area contributed by atoms with Gasteiger partial charge in [0.25, 0.3) is 0 Å². The van der Waals surface area contributed by atoms with Crippen molar-refractivity contribution in [2.75, 3.05) is 0 Å². The summed E-state index contributed by atoms with van der Waals surface area (Å²) in [6, 6.07) is 15.5. The molecule has 2 aliphatic rings. The van der Waals surface area contributed by atoms with Crippen LogP contribution in [-0.2, 0) is 16.6 Å². The molecule has 1 aliphatic carbocycles. The van der Waals surface area contributed by atoms with Crippen LogP contribution in [0.5, 0.6) is 11.5 Å². The fourth-order valence-electron chi connectivity index (χ4n) is 4.28. The molecule has 1 saturated carbocycles. The predicted molar refractivity (Wildman–Crippen MR) is 117 cm³/mol. The SMILES string of the molecule is CC(=O)c1cccc(-c2nc(CC(=O)C3(c4ccc5c(c4)OC(F)(F)O5)CC3)ccc2C)c1. The summed E-state index contributed by atoms with van der Waals surface area (Å²) in [6.07, 6.45) is -2.30. The summed E-state index contributed by atoms with van der Waals surface area (Å²) in [5, 5.41) is 0. The zero-order valence-corrected chi connectivity index (χ0v) is 18.2. The third kappa shape index (κ3) is 3.88. The Hall–Kier alpha value is -3.61. The Morgan fingerprint density at radius 1 is 1.00 bits per heavy atom. The molecular weight excluding hydrogens is 428 g/mol. The van der Waals surface area contributed by atoms with E-state index in [-0.39, 0.29) is 29.5 Å². The van der Waals surface area contributed by atoms with Gasteiger partial charge in [-0.3, -0.25) is 14.6 Å². The van der Waals surface area contributed by atoms with Gasteiger partial charge in [-0.1, -0.05) is 30.3 Å². The molecule has 2 aromatic carbocycles. The van der Waals surface area contributed by atoms with Crippen LogP contribution in [0.4, 0.5) is 8.78 Å². The van der Waals surface area contributed by atoms with Crippen molar-refractivity contribution < 1.29 is 27.8 Å². The van der Waals surface area contributed by atoms with Gasteiger partial charge in [-0.2, -0.15) is 0 Å². The van der Waals surface area contributed by atoms with E-state index in [1.807, 2.05) is 31.2 Å². The Bertz CT molecular complexity index is 1300. The third-order valence-corrected chi connectivity index (χ3v) is 6.28. The number of ketones is 2. The van der Waals surface area contributed by atoms with Gasteiger partial charge in [0.2, 0.25) is 0 Å². The standard InChI is InChI=1S/C26H21F2NO4/c1-15-6-8-20(29-24(15)18-5-3-4-17(12-18)16(2)30)14-23(31)25(10-11-25)19-7-9-21-22(13-19)33-26(27,28)32-21/h3-9,12-13H,10-11,14H2,1-2H3. The van der Waals surface area contributed by atoms with Gasteiger partial charge in [-0.25, -0.2) is 0 Å². The Kier molecular flexibility index (Phi) is 4.81. The minimum Gasteiger partial charge on any atom is -0.395 e. The number of benzene rings is 2. The summed E-state index contributed by atoms with van der Waals surface area (Å²) in [5.74, 6) is -0.145. The molecule has 5 rings (SSSR count). The van der Waals surface area contributed by atoms with Crippen molar-refractivity contribution in [2.45, 2.75) is 44.8 Å². The topological polar surface area (TPSA) is 65.5 Å². The monoisotopic (exact) mass is 449 g/mol. The molecule has 0 amide bonds. The summed E-state index contributed by atoms with van der Waals surface area (Å²) in [5.41, 5.74) is 3.61. The summed E-state index contributed by atoms with van der Waals surface area (Å²) in [6.45, 7) is 3.44. The number of Topliss-reactive ketones (excluding diaryl/α,β-unsaturated/α-hetero) is 2. The highest BCUT2D eigenvalue weighted by atomic mass is 19.3. The molecule has 0 unspecified atom stereocenters. The number of nitrogens with zero attached hydrogens (tertiary/aromatic N) is 1. The first-order chi connectivity index (χ1) is 15.7. The van der Waals surface area contributed by atoms with E-state index < -0.39 is 11.7 Å². The molecule has 0 atom stereocenters. The Morgan fingerprint density at radius 2 is 1.76 bits per heavy atom. The molecule has 0 saturated heterocycles. The maximum absolute atomic E-state index is 13.4. The van der Waals surface area contributed by atoms with Crippen LogP contribution in [0.2, 0.25) is 0 Å². The van der Waals surface area contributed by atoms with E-state index in [0.717, 1.165) is 16.8 Å². The number of rotatable bonds is 6. The lowest BCUT2D eigenvalue weighted by molar-refractivity contribution is -0.286. The first-order valence-electron chi connectivity index (χ1n) is 10.7. The van der Waals surface area contributed by atoms with E-state index in [9.17, 15) is 18.4 Å². The second kappa shape index (κ2) is 7.47. The van der Waals surface area contributed by atoms with E-state index in [4.69, 9.17) is 4.98 Å². The van der Waals surface area contributed by atoms with Gasteiger partial charge in [0, 0.05) is 23.2 Å². The quantitative estimate of drug-likeness (QED) is 0.470. The maximum Gasteiger partial charge on any atom is 0.586 e. The van der Waals surface area contributed by atoms with E-state index >= 15 is 0 Å². The molecule has 0 radical (unpaired) electrons. The average Bonchev–Trinajstić information content (AvgIpc) is 3.52. The third-order valence-electron chi connectivity index (χ3n) is 6.28. The van der Waals surface area contributed by atoms with Crippen LogP contribution in [-0.4, -0.2) is 22.8 Å². The fraction of sp³-hybridized carbons (Fsp3) is 0.269. The van der Waals surface area contributed by atoms with Crippen molar-refractivity contribution in [3.8, 4) is 22.8 Å². The van der Waals surface area contributed by atoms with Gasteiger partial charge in [-0.15, -0.1) is 8.78 Å². The molecule has 3 aromatic rings. The van der Waals surface area contributed by atoms with E-state index in [0.29, 0.717) is 29.7 Å². The number of pyridine rings is 1. The number of ether oxygens (including phenoxy) is 2. The van der Waals surface area contributed by atoms with Gasteiger partial charge in [0.1, 0.15) is 5.78 Å². The highest BCUT2D eigenvalue weighted by Gasteiger charge is 2.52. The number of aromatic nitrogens is 1. The van der Waals surface area contributed by atoms with Crippen LogP contribution in [0.15, 0.2) is 54.6 Å². The van der Waals surface area contributed by atoms with Crippen molar-refractivity contribution in [3.63, 3.8) is 0 Å². The fourth-order valence-corrected chi connectivity index (χ4v) is 4.28. The lowest BCUT2D eigenvalue weighted by Crippen LogP contribution is -2.26. The maximum atomic E-state index is 13.4. The van der Waals surface area contributed by atoms with Crippen LogP contribution >= 0.6 is 0 Å². The Morgan fingerprint density at radius 3 is 2.48 bits per heavy atom. The number of hydrogen-bond acceptors (Lipinski definition) is 5. The van der Waals surface area contributed by atoms with Crippen LogP contribution in [0.1, 0.15) is 46.9 Å². The molecule has 1 aromatic heterocycles. The molecule has 168 valence electrons. The minimum absolute atomic E-state index is 0.0204. The van der Waals surface area contributed by atoms with Gasteiger partial charge >= 0.3 is 6.29 Å². The van der Waals surface area contributed by atoms with Crippen molar-refractivity contribution in [1.82, 2.24) is 4.98 Å². The number of carbonyl (C=O) groups excluding carboxylic acids is 2. The van der Waals surface area contributed by atoms with Gasteiger partial charge in [0.15, 0.2) is 17.3 Å². The molecule has 7 heteroatoms. The molecule has 0 bridgehead atoms. The Balaban J connectivity index is 1.40. The number of hydrogen-bond donors (Lipinski definition) is 0. The van der Waals surface area contributed by atoms with Crippen LogP contribution in [0, 0.1) is 6.92 Å². The second-order valence-corrected chi connectivity index (χ2v) is 8.62. The largest absolute Gasteiger partial charge is 0.586 e. The summed E-state index contributed by atoms with van der Waals surface area (Å²) in [4.78, 5) is 29.8. The van der Waals surface area contributed by atoms with Crippen molar-refractivity contribution in [3.05, 3.63) is 77.0 Å². The first-order valence-corrected chi connectivity index (χ1v) is 10.7. The smallest absolute Gasteiger partial charge is 0.395 e. The normalized spacial score (nSPS) is 17.0. The summed E-state index contributed by atoms with van der Waals surface area (Å²) in [7, 11) is 0. The molecule has 0 spiro atoms. The van der Waals surface area contributed by atoms with Crippen molar-refractivity contribution in [1.29, 1.82) is 0 Å². The van der Waals surface area contributed by atoms with Crippen LogP contribution in [0.3, 0.4) is 0 Å². The highest BCUT2D eigenvalue weighted by molar-refractivity contribution is 5.96. The molecule has 33 heavy (non-hydrogen) atoms. The van der Waals surface area contributed by atoms with E-state index in [1.165, 1.54) is 19.1 Å². The van der Waals surface area contributed by atoms with Gasteiger partial charge < -0.3 is 9.47 Å². The van der Waals surface area contributed by atoms with E-state index in [1.54, 1.807) is 18.2 Å². The number of carbonyl (C=O) groups is 2. The summed E-state index contributed by atoms with van der Waals surface area (Å²) < 4.78 is 35.7. The molecular formula is C26H21F2NO4. The lowest BCUT2D eigenvalue weighted by atomic mass is 9.88. The van der Waals surface area contributed by atoms with E-state index in [2.05, 4.69) is 9.47 Å². The number of aryl methyl sites for hydroxylation is 1. The van der Waals surface area contributed by atoms with Gasteiger partial charge in [-0.05, 0) is 62.1 Å². The second-order valence-electron chi connectivity index (χ2n) is 8.62. The summed E-state index contributed by atoms with van der Waals surface area (Å²) >= 11 is 0. The Labute approximate surface area is 189 Å². The number of halogens is 2. The average molecular weight is 449 g/mol. The zero-order chi connectivity index (χ0) is 23.4. The predicted octanol–water partition coefficient (Wildman–Crippen LogP) is 5.42. The molecule has 1 aliphatic heterocycles. The number of fused-ring (bicyclic) bond motifs is 1.